The molecule has 1 rings (SSSR count). The SMILES string of the molecule is CC=C(C)C(C)C1(C)CC1. The van der Waals surface area contributed by atoms with E-state index >= 15 is 0 Å². The monoisotopic (exact) mass is 138 g/mol. The van der Waals surface area contributed by atoms with E-state index in [0.29, 0.717) is 5.41 Å². The molecule has 0 aromatic heterocycles. The Labute approximate surface area is 64.3 Å². The zero-order chi connectivity index (χ0) is 7.78. The van der Waals surface area contributed by atoms with E-state index in [0.717, 1.165) is 5.92 Å². The van der Waals surface area contributed by atoms with Crippen molar-refractivity contribution >= 4 is 0 Å². The molecule has 58 valence electrons. The van der Waals surface area contributed by atoms with Crippen LogP contribution >= 0.6 is 0 Å². The van der Waals surface area contributed by atoms with Gasteiger partial charge in [-0.15, -0.1) is 0 Å². The predicted octanol–water partition coefficient (Wildman–Crippen LogP) is 3.39. The summed E-state index contributed by atoms with van der Waals surface area (Å²) in [5.41, 5.74) is 2.22. The first-order valence-electron chi connectivity index (χ1n) is 4.23. The van der Waals surface area contributed by atoms with Crippen LogP contribution in [0.25, 0.3) is 0 Å². The fourth-order valence-corrected chi connectivity index (χ4v) is 1.43. The molecule has 0 bridgehead atoms. The number of hydrogen-bond acceptors (Lipinski definition) is 0. The van der Waals surface area contributed by atoms with E-state index in [9.17, 15) is 0 Å². The second kappa shape index (κ2) is 2.41. The van der Waals surface area contributed by atoms with E-state index in [1.165, 1.54) is 12.8 Å². The Morgan fingerprint density at radius 3 is 2.30 bits per heavy atom. The third-order valence-corrected chi connectivity index (χ3v) is 3.22. The molecule has 0 radical (unpaired) electrons. The minimum Gasteiger partial charge on any atom is -0.0884 e. The maximum absolute atomic E-state index is 2.39. The van der Waals surface area contributed by atoms with Gasteiger partial charge < -0.3 is 0 Å². The van der Waals surface area contributed by atoms with Crippen molar-refractivity contribution in [3.05, 3.63) is 11.6 Å². The summed E-state index contributed by atoms with van der Waals surface area (Å²) >= 11 is 0. The van der Waals surface area contributed by atoms with Crippen molar-refractivity contribution in [2.75, 3.05) is 0 Å². The second-order valence-electron chi connectivity index (χ2n) is 3.91. The van der Waals surface area contributed by atoms with Gasteiger partial charge in [-0.05, 0) is 38.0 Å². The zero-order valence-electron chi connectivity index (χ0n) is 7.57. The molecular formula is C10H18. The molecule has 1 aliphatic rings. The van der Waals surface area contributed by atoms with Crippen LogP contribution in [0.2, 0.25) is 0 Å². The molecule has 0 heteroatoms. The van der Waals surface area contributed by atoms with E-state index in [1.807, 2.05) is 0 Å². The maximum atomic E-state index is 2.39. The lowest BCUT2D eigenvalue weighted by Gasteiger charge is -2.18. The molecule has 0 nitrogen and oxygen atoms in total. The Kier molecular flexibility index (Phi) is 1.89. The fourth-order valence-electron chi connectivity index (χ4n) is 1.43. The topological polar surface area (TPSA) is 0 Å². The van der Waals surface area contributed by atoms with Gasteiger partial charge in [0.05, 0.1) is 0 Å². The second-order valence-corrected chi connectivity index (χ2v) is 3.91. The van der Waals surface area contributed by atoms with Gasteiger partial charge in [-0.2, -0.15) is 0 Å². The van der Waals surface area contributed by atoms with E-state index in [4.69, 9.17) is 0 Å². The highest BCUT2D eigenvalue weighted by atomic mass is 14.5. The molecular weight excluding hydrogens is 120 g/mol. The molecule has 0 saturated heterocycles. The summed E-state index contributed by atoms with van der Waals surface area (Å²) in [5, 5.41) is 0. The van der Waals surface area contributed by atoms with E-state index in [-0.39, 0.29) is 0 Å². The Morgan fingerprint density at radius 1 is 1.50 bits per heavy atom. The van der Waals surface area contributed by atoms with Gasteiger partial charge in [-0.3, -0.25) is 0 Å². The normalized spacial score (nSPS) is 26.2. The van der Waals surface area contributed by atoms with E-state index in [2.05, 4.69) is 33.8 Å². The minimum absolute atomic E-state index is 0.663. The summed E-state index contributed by atoms with van der Waals surface area (Å²) in [6, 6.07) is 0. The first-order chi connectivity index (χ1) is 4.60. The molecule has 1 aliphatic carbocycles. The lowest BCUT2D eigenvalue weighted by atomic mass is 9.87. The van der Waals surface area contributed by atoms with Gasteiger partial charge in [0.15, 0.2) is 0 Å². The summed E-state index contributed by atoms with van der Waals surface area (Å²) in [6.07, 6.45) is 5.10. The van der Waals surface area contributed by atoms with Crippen LogP contribution in [0.3, 0.4) is 0 Å². The zero-order valence-corrected chi connectivity index (χ0v) is 7.57. The lowest BCUT2D eigenvalue weighted by Crippen LogP contribution is -2.09. The van der Waals surface area contributed by atoms with E-state index < -0.39 is 0 Å². The molecule has 10 heavy (non-hydrogen) atoms. The van der Waals surface area contributed by atoms with Gasteiger partial charge in [0, 0.05) is 0 Å². The molecule has 1 atom stereocenters. The largest absolute Gasteiger partial charge is 0.0884 e. The predicted molar refractivity (Wildman–Crippen MR) is 45.9 cm³/mol. The van der Waals surface area contributed by atoms with Gasteiger partial charge in [-0.25, -0.2) is 0 Å². The van der Waals surface area contributed by atoms with Crippen LogP contribution in [-0.4, -0.2) is 0 Å². The Hall–Kier alpha value is -0.260. The summed E-state index contributed by atoms with van der Waals surface area (Å²) in [4.78, 5) is 0. The Morgan fingerprint density at radius 2 is 2.00 bits per heavy atom. The van der Waals surface area contributed by atoms with Crippen LogP contribution in [0.1, 0.15) is 40.5 Å². The van der Waals surface area contributed by atoms with Gasteiger partial charge in [0.2, 0.25) is 0 Å². The molecule has 0 heterocycles. The summed E-state index contributed by atoms with van der Waals surface area (Å²) in [6.45, 7) is 9.12. The first kappa shape index (κ1) is 7.84. The van der Waals surface area contributed by atoms with Crippen LogP contribution < -0.4 is 0 Å². The molecule has 1 unspecified atom stereocenters. The molecule has 0 spiro atoms. The van der Waals surface area contributed by atoms with E-state index in [1.54, 1.807) is 5.57 Å². The van der Waals surface area contributed by atoms with Gasteiger partial charge >= 0.3 is 0 Å². The molecule has 0 aliphatic heterocycles. The standard InChI is InChI=1S/C10H18/c1-5-8(2)9(3)10(4)6-7-10/h5,9H,6-7H2,1-4H3. The van der Waals surface area contributed by atoms with Crippen LogP contribution in [0.5, 0.6) is 0 Å². The lowest BCUT2D eigenvalue weighted by molar-refractivity contribution is 0.418. The minimum atomic E-state index is 0.663. The molecule has 0 amide bonds. The van der Waals surface area contributed by atoms with Crippen LogP contribution in [0, 0.1) is 11.3 Å². The quantitative estimate of drug-likeness (QED) is 0.513. The van der Waals surface area contributed by atoms with Crippen LogP contribution in [0.15, 0.2) is 11.6 Å². The molecule has 0 aromatic rings. The highest BCUT2D eigenvalue weighted by molar-refractivity contribution is 5.10. The van der Waals surface area contributed by atoms with Gasteiger partial charge in [-0.1, -0.05) is 25.5 Å². The molecule has 0 aromatic carbocycles. The summed E-state index contributed by atoms with van der Waals surface area (Å²) in [5.74, 6) is 0.803. The molecule has 1 saturated carbocycles. The molecule has 1 fully saturated rings. The smallest absolute Gasteiger partial charge is 0.0181 e. The van der Waals surface area contributed by atoms with Gasteiger partial charge in [0.1, 0.15) is 0 Å². The summed E-state index contributed by atoms with van der Waals surface area (Å²) < 4.78 is 0. The Balaban J connectivity index is 2.57. The number of hydrogen-bond donors (Lipinski definition) is 0. The average Bonchev–Trinajstić information content (AvgIpc) is 2.66. The van der Waals surface area contributed by atoms with Crippen molar-refractivity contribution in [1.29, 1.82) is 0 Å². The number of rotatable bonds is 2. The van der Waals surface area contributed by atoms with Crippen molar-refractivity contribution in [3.8, 4) is 0 Å². The van der Waals surface area contributed by atoms with Gasteiger partial charge in [0.25, 0.3) is 0 Å². The van der Waals surface area contributed by atoms with Crippen molar-refractivity contribution in [1.82, 2.24) is 0 Å². The summed E-state index contributed by atoms with van der Waals surface area (Å²) in [7, 11) is 0. The van der Waals surface area contributed by atoms with Crippen molar-refractivity contribution in [3.63, 3.8) is 0 Å². The molecule has 0 N–H and O–H groups in total. The number of allylic oxidation sites excluding steroid dienone is 2. The average molecular weight is 138 g/mol. The Bertz CT molecular complexity index is 149. The van der Waals surface area contributed by atoms with Crippen molar-refractivity contribution < 1.29 is 0 Å². The first-order valence-corrected chi connectivity index (χ1v) is 4.23. The van der Waals surface area contributed by atoms with Crippen LogP contribution in [0.4, 0.5) is 0 Å². The van der Waals surface area contributed by atoms with Crippen molar-refractivity contribution in [2.24, 2.45) is 11.3 Å². The maximum Gasteiger partial charge on any atom is -0.0181 e. The fraction of sp³-hybridized carbons (Fsp3) is 0.800. The highest BCUT2D eigenvalue weighted by Crippen LogP contribution is 2.53. The highest BCUT2D eigenvalue weighted by Gasteiger charge is 2.42. The van der Waals surface area contributed by atoms with Crippen LogP contribution in [-0.2, 0) is 0 Å². The van der Waals surface area contributed by atoms with Crippen molar-refractivity contribution in [2.45, 2.75) is 40.5 Å². The third-order valence-electron chi connectivity index (χ3n) is 3.22. The third kappa shape index (κ3) is 1.25.